The quantitative estimate of drug-likeness (QED) is 0.444. The van der Waals surface area contributed by atoms with Crippen molar-refractivity contribution in [1.29, 1.82) is 0 Å². The summed E-state index contributed by atoms with van der Waals surface area (Å²) in [7, 11) is 0. The zero-order valence-electron chi connectivity index (χ0n) is 16.1. The third-order valence-corrected chi connectivity index (χ3v) is 5.74. The summed E-state index contributed by atoms with van der Waals surface area (Å²) >= 11 is 7.53. The molecular weight excluding hydrogens is 422 g/mol. The highest BCUT2D eigenvalue weighted by Gasteiger charge is 2.11. The Kier molecular flexibility index (Phi) is 6.10. The Hall–Kier alpha value is -3.17. The zero-order chi connectivity index (χ0) is 20.9. The first-order chi connectivity index (χ1) is 14.6. The smallest absolute Gasteiger partial charge is 0.230 e. The van der Waals surface area contributed by atoms with E-state index in [1.165, 1.54) is 18.1 Å². The number of halogens is 1. The van der Waals surface area contributed by atoms with Crippen molar-refractivity contribution in [3.63, 3.8) is 0 Å². The van der Waals surface area contributed by atoms with Crippen LogP contribution in [0.25, 0.3) is 11.4 Å². The average molecular weight is 440 g/mol. The highest BCUT2D eigenvalue weighted by molar-refractivity contribution is 7.99. The predicted octanol–water partition coefficient (Wildman–Crippen LogP) is 3.22. The molecule has 1 amide bonds. The highest BCUT2D eigenvalue weighted by atomic mass is 35.5. The van der Waals surface area contributed by atoms with Gasteiger partial charge in [0.15, 0.2) is 5.16 Å². The predicted molar refractivity (Wildman–Crippen MR) is 115 cm³/mol. The molecule has 2 aromatic carbocycles. The molecule has 0 unspecified atom stereocenters. The molecule has 0 bridgehead atoms. The Morgan fingerprint density at radius 2 is 1.93 bits per heavy atom. The monoisotopic (exact) mass is 439 g/mol. The zero-order valence-corrected chi connectivity index (χ0v) is 17.6. The van der Waals surface area contributed by atoms with E-state index in [4.69, 9.17) is 11.6 Å². The minimum Gasteiger partial charge on any atom is -0.351 e. The average Bonchev–Trinajstić information content (AvgIpc) is 3.45. The van der Waals surface area contributed by atoms with Crippen LogP contribution in [-0.2, 0) is 11.3 Å². The summed E-state index contributed by atoms with van der Waals surface area (Å²) < 4.78 is 3.49. The van der Waals surface area contributed by atoms with Crippen molar-refractivity contribution in [2.24, 2.45) is 0 Å². The van der Waals surface area contributed by atoms with Gasteiger partial charge in [-0.15, -0.1) is 10.2 Å². The van der Waals surface area contributed by atoms with Crippen LogP contribution in [0.3, 0.4) is 0 Å². The number of thioether (sulfide) groups is 1. The lowest BCUT2D eigenvalue weighted by Crippen LogP contribution is -2.24. The van der Waals surface area contributed by atoms with Gasteiger partial charge >= 0.3 is 0 Å². The van der Waals surface area contributed by atoms with Gasteiger partial charge in [-0.25, -0.2) is 9.67 Å². The molecule has 30 heavy (non-hydrogen) atoms. The van der Waals surface area contributed by atoms with Gasteiger partial charge in [0, 0.05) is 11.6 Å². The minimum atomic E-state index is -0.0863. The number of hydrogen-bond acceptors (Lipinski definition) is 6. The number of carbonyl (C=O) groups is 1. The van der Waals surface area contributed by atoms with E-state index in [9.17, 15) is 4.79 Å². The van der Waals surface area contributed by atoms with Gasteiger partial charge < -0.3 is 5.32 Å². The van der Waals surface area contributed by atoms with Crippen molar-refractivity contribution in [2.45, 2.75) is 18.6 Å². The van der Waals surface area contributed by atoms with Crippen molar-refractivity contribution >= 4 is 29.3 Å². The van der Waals surface area contributed by atoms with Crippen LogP contribution in [0.2, 0.25) is 5.02 Å². The van der Waals surface area contributed by atoms with Crippen LogP contribution < -0.4 is 5.32 Å². The van der Waals surface area contributed by atoms with Crippen molar-refractivity contribution in [3.8, 4) is 11.4 Å². The molecule has 0 spiro atoms. The molecule has 2 heterocycles. The maximum absolute atomic E-state index is 12.3. The second kappa shape index (κ2) is 9.10. The molecule has 4 aromatic rings. The van der Waals surface area contributed by atoms with Crippen LogP contribution in [0.15, 0.2) is 66.6 Å². The molecule has 0 saturated carbocycles. The molecule has 8 nitrogen and oxygen atoms in total. The lowest BCUT2D eigenvalue weighted by Gasteiger charge is -2.09. The molecule has 152 valence electrons. The van der Waals surface area contributed by atoms with E-state index < -0.39 is 0 Å². The number of nitrogens with one attached hydrogen (secondary N) is 1. The van der Waals surface area contributed by atoms with Crippen LogP contribution >= 0.6 is 23.4 Å². The van der Waals surface area contributed by atoms with Gasteiger partial charge in [-0.05, 0) is 42.3 Å². The topological polar surface area (TPSA) is 90.5 Å². The Bertz CT molecular complexity index is 1140. The van der Waals surface area contributed by atoms with Gasteiger partial charge in [-0.3, -0.25) is 9.36 Å². The van der Waals surface area contributed by atoms with E-state index >= 15 is 0 Å². The van der Waals surface area contributed by atoms with Crippen LogP contribution in [-0.4, -0.2) is 41.2 Å². The first kappa shape index (κ1) is 20.1. The number of hydrogen-bond donors (Lipinski definition) is 1. The molecule has 0 aliphatic carbocycles. The third kappa shape index (κ3) is 4.69. The summed E-state index contributed by atoms with van der Waals surface area (Å²) in [5.74, 6) is 0.145. The maximum atomic E-state index is 12.3. The summed E-state index contributed by atoms with van der Waals surface area (Å²) in [5, 5.41) is 16.4. The fraction of sp³-hybridized carbons (Fsp3) is 0.150. The molecule has 0 fully saturated rings. The number of aromatic nitrogens is 6. The number of benzene rings is 2. The van der Waals surface area contributed by atoms with Gasteiger partial charge in [0.25, 0.3) is 0 Å². The molecule has 4 rings (SSSR count). The van der Waals surface area contributed by atoms with Crippen LogP contribution in [0.4, 0.5) is 0 Å². The molecule has 0 saturated heterocycles. The van der Waals surface area contributed by atoms with E-state index in [0.29, 0.717) is 16.7 Å². The molecule has 1 N–H and O–H groups in total. The Morgan fingerprint density at radius 3 is 2.67 bits per heavy atom. The Balaban J connectivity index is 1.31. The van der Waals surface area contributed by atoms with Gasteiger partial charge in [0.05, 0.1) is 17.1 Å². The number of carbonyl (C=O) groups excluding carboxylic acids is 1. The van der Waals surface area contributed by atoms with Crippen molar-refractivity contribution in [3.05, 3.63) is 77.6 Å². The third-order valence-electron chi connectivity index (χ3n) is 4.39. The minimum absolute atomic E-state index is 0.0863. The van der Waals surface area contributed by atoms with Gasteiger partial charge in [-0.1, -0.05) is 41.6 Å². The summed E-state index contributed by atoms with van der Waals surface area (Å²) in [6, 6.07) is 13.5. The fourth-order valence-electron chi connectivity index (χ4n) is 2.72. The highest BCUT2D eigenvalue weighted by Crippen LogP contribution is 2.23. The second-order valence-electron chi connectivity index (χ2n) is 6.49. The van der Waals surface area contributed by atoms with Crippen molar-refractivity contribution < 1.29 is 4.79 Å². The largest absolute Gasteiger partial charge is 0.351 e. The lowest BCUT2D eigenvalue weighted by atomic mass is 10.2. The molecule has 0 radical (unpaired) electrons. The fourth-order valence-corrected chi connectivity index (χ4v) is 3.65. The molecular formula is C20H18ClN7OS. The number of nitrogens with zero attached hydrogens (tertiary/aromatic N) is 6. The van der Waals surface area contributed by atoms with Crippen LogP contribution in [0.5, 0.6) is 0 Å². The number of amides is 1. The number of rotatable bonds is 7. The van der Waals surface area contributed by atoms with Crippen LogP contribution in [0.1, 0.15) is 11.1 Å². The maximum Gasteiger partial charge on any atom is 0.230 e. The van der Waals surface area contributed by atoms with E-state index in [-0.39, 0.29) is 11.7 Å². The molecule has 0 aliphatic heterocycles. The molecule has 2 aromatic heterocycles. The van der Waals surface area contributed by atoms with Gasteiger partial charge in [0.2, 0.25) is 5.91 Å². The second-order valence-corrected chi connectivity index (χ2v) is 7.84. The summed E-state index contributed by atoms with van der Waals surface area (Å²) in [5.41, 5.74) is 3.76. The van der Waals surface area contributed by atoms with E-state index in [0.717, 1.165) is 22.5 Å². The summed E-state index contributed by atoms with van der Waals surface area (Å²) in [4.78, 5) is 16.2. The first-order valence-electron chi connectivity index (χ1n) is 9.10. The van der Waals surface area contributed by atoms with E-state index in [2.05, 4.69) is 25.6 Å². The van der Waals surface area contributed by atoms with E-state index in [1.807, 2.05) is 54.0 Å². The normalized spacial score (nSPS) is 10.9. The van der Waals surface area contributed by atoms with Gasteiger partial charge in [0.1, 0.15) is 19.0 Å². The van der Waals surface area contributed by atoms with E-state index in [1.54, 1.807) is 17.3 Å². The van der Waals surface area contributed by atoms with Crippen LogP contribution in [0, 0.1) is 6.92 Å². The number of aryl methyl sites for hydroxylation is 1. The Morgan fingerprint density at radius 1 is 1.13 bits per heavy atom. The summed E-state index contributed by atoms with van der Waals surface area (Å²) in [6.45, 7) is 2.39. The van der Waals surface area contributed by atoms with Crippen molar-refractivity contribution in [1.82, 2.24) is 34.8 Å². The summed E-state index contributed by atoms with van der Waals surface area (Å²) in [6.07, 6.45) is 4.73. The molecule has 0 aliphatic rings. The SMILES string of the molecule is Cc1ccc(-n2cnnc2SCC(=O)NCc2ccc(-n3cncn3)cc2)cc1Cl. The standard InChI is InChI=1S/C20H18ClN7OS/c1-14-2-5-17(8-18(14)21)27-13-24-26-20(27)30-10-19(29)23-9-15-3-6-16(7-4-15)28-12-22-11-25-28/h2-8,11-13H,9-10H2,1H3,(H,23,29). The first-order valence-corrected chi connectivity index (χ1v) is 10.5. The Labute approximate surface area is 182 Å². The van der Waals surface area contributed by atoms with Crippen molar-refractivity contribution in [2.75, 3.05) is 5.75 Å². The lowest BCUT2D eigenvalue weighted by molar-refractivity contribution is -0.118. The molecule has 0 atom stereocenters. The van der Waals surface area contributed by atoms with Gasteiger partial charge in [-0.2, -0.15) is 5.10 Å². The molecule has 10 heteroatoms.